The summed E-state index contributed by atoms with van der Waals surface area (Å²) in [6.07, 6.45) is 0.718. The molecule has 1 unspecified atom stereocenters. The molecule has 2 rings (SSSR count). The number of aliphatic hydroxyl groups is 1. The molecule has 2 aliphatic rings. The molecular weight excluding hydrogens is 206 g/mol. The Balaban J connectivity index is 1.79. The number of carbonyl (C=O) groups excluding carboxylic acids is 1. The quantitative estimate of drug-likeness (QED) is 0.627. The Morgan fingerprint density at radius 1 is 1.44 bits per heavy atom. The van der Waals surface area contributed by atoms with Gasteiger partial charge in [0, 0.05) is 52.2 Å². The Labute approximate surface area is 96.4 Å². The first-order valence-electron chi connectivity index (χ1n) is 6.04. The van der Waals surface area contributed by atoms with Crippen LogP contribution in [0.3, 0.4) is 0 Å². The normalized spacial score (nSPS) is 32.0. The van der Waals surface area contributed by atoms with Crippen LogP contribution >= 0.6 is 0 Å². The Hall–Kier alpha value is -0.650. The number of rotatable bonds is 2. The lowest BCUT2D eigenvalue weighted by atomic mass is 10.2. The zero-order valence-electron chi connectivity index (χ0n) is 9.85. The molecule has 0 saturated carbocycles. The zero-order chi connectivity index (χ0) is 11.5. The summed E-state index contributed by atoms with van der Waals surface area (Å²) in [6.45, 7) is 6.79. The summed E-state index contributed by atoms with van der Waals surface area (Å²) in [5.41, 5.74) is 0. The van der Waals surface area contributed by atoms with Crippen molar-refractivity contribution in [2.75, 3.05) is 39.3 Å². The van der Waals surface area contributed by atoms with Crippen LogP contribution in [0, 0.1) is 0 Å². The van der Waals surface area contributed by atoms with Gasteiger partial charge in [-0.25, -0.2) is 0 Å². The molecule has 0 radical (unpaired) electrons. The highest BCUT2D eigenvalue weighted by atomic mass is 16.3. The molecular formula is C11H21N3O2. The Kier molecular flexibility index (Phi) is 3.78. The molecule has 2 heterocycles. The van der Waals surface area contributed by atoms with E-state index in [1.807, 2.05) is 4.90 Å². The molecule has 2 atom stereocenters. The molecule has 2 aliphatic heterocycles. The third-order valence-corrected chi connectivity index (χ3v) is 3.43. The van der Waals surface area contributed by atoms with Crippen molar-refractivity contribution in [3.63, 3.8) is 0 Å². The number of aliphatic hydroxyl groups excluding tert-OH is 1. The lowest BCUT2D eigenvalue weighted by molar-refractivity contribution is -0.130. The lowest BCUT2D eigenvalue weighted by Gasteiger charge is -2.35. The second-order valence-corrected chi connectivity index (χ2v) is 4.82. The molecule has 5 heteroatoms. The topological polar surface area (TPSA) is 55.8 Å². The van der Waals surface area contributed by atoms with Crippen LogP contribution in [-0.4, -0.2) is 72.2 Å². The van der Waals surface area contributed by atoms with E-state index in [1.165, 1.54) is 0 Å². The average Bonchev–Trinajstić information content (AvgIpc) is 2.64. The third-order valence-electron chi connectivity index (χ3n) is 3.43. The molecule has 0 aromatic carbocycles. The zero-order valence-corrected chi connectivity index (χ0v) is 9.85. The first-order valence-corrected chi connectivity index (χ1v) is 6.04. The van der Waals surface area contributed by atoms with Gasteiger partial charge in [-0.2, -0.15) is 0 Å². The van der Waals surface area contributed by atoms with Crippen molar-refractivity contribution < 1.29 is 9.90 Å². The third kappa shape index (κ3) is 2.93. The molecule has 16 heavy (non-hydrogen) atoms. The van der Waals surface area contributed by atoms with Crippen molar-refractivity contribution in [1.29, 1.82) is 0 Å². The van der Waals surface area contributed by atoms with E-state index in [9.17, 15) is 9.90 Å². The van der Waals surface area contributed by atoms with Gasteiger partial charge in [0.2, 0.25) is 5.91 Å². The SMILES string of the molecule is CC(=O)N1CCNC(CN2CC[C@H](O)C2)C1. The van der Waals surface area contributed by atoms with Crippen LogP contribution in [0.1, 0.15) is 13.3 Å². The maximum atomic E-state index is 11.3. The smallest absolute Gasteiger partial charge is 0.219 e. The Morgan fingerprint density at radius 2 is 2.25 bits per heavy atom. The van der Waals surface area contributed by atoms with Gasteiger partial charge in [0.05, 0.1) is 6.10 Å². The van der Waals surface area contributed by atoms with Crippen molar-refractivity contribution in [2.24, 2.45) is 0 Å². The van der Waals surface area contributed by atoms with E-state index in [-0.39, 0.29) is 12.0 Å². The molecule has 2 saturated heterocycles. The molecule has 0 aliphatic carbocycles. The van der Waals surface area contributed by atoms with E-state index in [0.717, 1.165) is 45.7 Å². The predicted octanol–water partition coefficient (Wildman–Crippen LogP) is -1.13. The fourth-order valence-corrected chi connectivity index (χ4v) is 2.52. The summed E-state index contributed by atoms with van der Waals surface area (Å²) >= 11 is 0. The lowest BCUT2D eigenvalue weighted by Crippen LogP contribution is -2.55. The maximum absolute atomic E-state index is 11.3. The molecule has 1 amide bonds. The highest BCUT2D eigenvalue weighted by Crippen LogP contribution is 2.10. The van der Waals surface area contributed by atoms with Crippen LogP contribution in [0.5, 0.6) is 0 Å². The number of β-amino-alcohol motifs (C(OH)–C–C–N with tert-alkyl or cyclic N) is 1. The largest absolute Gasteiger partial charge is 0.392 e. The summed E-state index contributed by atoms with van der Waals surface area (Å²) in [5, 5.41) is 12.9. The van der Waals surface area contributed by atoms with Gasteiger partial charge in [-0.3, -0.25) is 9.69 Å². The number of hydrogen-bond donors (Lipinski definition) is 2. The van der Waals surface area contributed by atoms with Gasteiger partial charge in [0.25, 0.3) is 0 Å². The standard InChI is InChI=1S/C11H21N3O2/c1-9(15)14-5-3-12-10(7-14)6-13-4-2-11(16)8-13/h10-12,16H,2-8H2,1H3/t10?,11-/m0/s1. The molecule has 92 valence electrons. The highest BCUT2D eigenvalue weighted by molar-refractivity contribution is 5.73. The van der Waals surface area contributed by atoms with E-state index >= 15 is 0 Å². The summed E-state index contributed by atoms with van der Waals surface area (Å²) in [4.78, 5) is 15.4. The van der Waals surface area contributed by atoms with Crippen LogP contribution in [0.15, 0.2) is 0 Å². The summed E-state index contributed by atoms with van der Waals surface area (Å²) in [6, 6.07) is 0.350. The number of likely N-dealkylation sites (tertiary alicyclic amines) is 1. The first-order chi connectivity index (χ1) is 7.65. The van der Waals surface area contributed by atoms with Gasteiger partial charge < -0.3 is 15.3 Å². The fraction of sp³-hybridized carbons (Fsp3) is 0.909. The molecule has 0 aromatic heterocycles. The van der Waals surface area contributed by atoms with Crippen molar-refractivity contribution >= 4 is 5.91 Å². The molecule has 2 N–H and O–H groups in total. The second kappa shape index (κ2) is 5.12. The molecule has 5 nitrogen and oxygen atoms in total. The Bertz CT molecular complexity index is 260. The number of piperazine rings is 1. The van der Waals surface area contributed by atoms with Crippen molar-refractivity contribution in [3.8, 4) is 0 Å². The van der Waals surface area contributed by atoms with E-state index in [1.54, 1.807) is 6.92 Å². The number of nitrogens with one attached hydrogen (secondary N) is 1. The molecule has 0 bridgehead atoms. The van der Waals surface area contributed by atoms with Crippen molar-refractivity contribution in [3.05, 3.63) is 0 Å². The minimum absolute atomic E-state index is 0.160. The summed E-state index contributed by atoms with van der Waals surface area (Å²) in [5.74, 6) is 0.160. The van der Waals surface area contributed by atoms with E-state index < -0.39 is 0 Å². The van der Waals surface area contributed by atoms with Gasteiger partial charge in [-0.15, -0.1) is 0 Å². The van der Waals surface area contributed by atoms with E-state index in [2.05, 4.69) is 10.2 Å². The monoisotopic (exact) mass is 227 g/mol. The summed E-state index contributed by atoms with van der Waals surface area (Å²) < 4.78 is 0. The summed E-state index contributed by atoms with van der Waals surface area (Å²) in [7, 11) is 0. The van der Waals surface area contributed by atoms with Gasteiger partial charge in [-0.1, -0.05) is 0 Å². The van der Waals surface area contributed by atoms with Gasteiger partial charge >= 0.3 is 0 Å². The number of carbonyl (C=O) groups is 1. The van der Waals surface area contributed by atoms with Gasteiger partial charge in [-0.05, 0) is 6.42 Å². The predicted molar refractivity (Wildman–Crippen MR) is 61.1 cm³/mol. The Morgan fingerprint density at radius 3 is 2.88 bits per heavy atom. The molecule has 0 aromatic rings. The number of hydrogen-bond acceptors (Lipinski definition) is 4. The molecule has 2 fully saturated rings. The first kappa shape index (κ1) is 11.8. The minimum Gasteiger partial charge on any atom is -0.392 e. The van der Waals surface area contributed by atoms with Gasteiger partial charge in [0.1, 0.15) is 0 Å². The van der Waals surface area contributed by atoms with Crippen LogP contribution in [0.2, 0.25) is 0 Å². The fourth-order valence-electron chi connectivity index (χ4n) is 2.52. The average molecular weight is 227 g/mol. The highest BCUT2D eigenvalue weighted by Gasteiger charge is 2.26. The minimum atomic E-state index is -0.160. The van der Waals surface area contributed by atoms with Gasteiger partial charge in [0.15, 0.2) is 0 Å². The number of amides is 1. The number of nitrogens with zero attached hydrogens (tertiary/aromatic N) is 2. The van der Waals surface area contributed by atoms with Crippen molar-refractivity contribution in [2.45, 2.75) is 25.5 Å². The maximum Gasteiger partial charge on any atom is 0.219 e. The second-order valence-electron chi connectivity index (χ2n) is 4.82. The molecule has 0 spiro atoms. The van der Waals surface area contributed by atoms with Crippen LogP contribution < -0.4 is 5.32 Å². The van der Waals surface area contributed by atoms with Crippen LogP contribution in [0.25, 0.3) is 0 Å². The van der Waals surface area contributed by atoms with Crippen LogP contribution in [0.4, 0.5) is 0 Å². The van der Waals surface area contributed by atoms with Crippen LogP contribution in [-0.2, 0) is 4.79 Å². The van der Waals surface area contributed by atoms with E-state index in [0.29, 0.717) is 6.04 Å². The van der Waals surface area contributed by atoms with E-state index in [4.69, 9.17) is 0 Å². The van der Waals surface area contributed by atoms with Crippen molar-refractivity contribution in [1.82, 2.24) is 15.1 Å².